The Kier molecular flexibility index (Phi) is 5.92. The van der Waals surface area contributed by atoms with E-state index in [1.807, 2.05) is 54.6 Å². The lowest BCUT2D eigenvalue weighted by molar-refractivity contribution is -0.130. The summed E-state index contributed by atoms with van der Waals surface area (Å²) in [5.41, 5.74) is 2.52. The first kappa shape index (κ1) is 21.7. The smallest absolute Gasteiger partial charge is 0.245 e. The van der Waals surface area contributed by atoms with E-state index in [4.69, 9.17) is 0 Å². The van der Waals surface area contributed by atoms with Gasteiger partial charge in [0.25, 0.3) is 0 Å². The van der Waals surface area contributed by atoms with Crippen molar-refractivity contribution in [3.8, 4) is 0 Å². The van der Waals surface area contributed by atoms with E-state index >= 15 is 0 Å². The molecule has 4 aromatic rings. The van der Waals surface area contributed by atoms with E-state index in [1.165, 1.54) is 16.1 Å². The van der Waals surface area contributed by atoms with Gasteiger partial charge < -0.3 is 9.88 Å². The molecule has 1 saturated heterocycles. The monoisotopic (exact) mass is 478 g/mol. The molecular formula is C24H22N4O3S2. The van der Waals surface area contributed by atoms with Crippen LogP contribution in [0.3, 0.4) is 0 Å². The van der Waals surface area contributed by atoms with Crippen molar-refractivity contribution in [2.24, 2.45) is 0 Å². The summed E-state index contributed by atoms with van der Waals surface area (Å²) in [6.07, 6.45) is -0.694. The number of aromatic amines is 1. The van der Waals surface area contributed by atoms with Gasteiger partial charge in [-0.3, -0.25) is 4.79 Å². The van der Waals surface area contributed by atoms with Crippen molar-refractivity contribution in [2.75, 3.05) is 18.8 Å². The summed E-state index contributed by atoms with van der Waals surface area (Å²) < 4.78 is 28.3. The number of para-hydroxylation sites is 2. The number of carbonyl (C=O) groups excluding carboxylic acids is 1. The molecule has 0 spiro atoms. The zero-order valence-electron chi connectivity index (χ0n) is 17.7. The average molecular weight is 479 g/mol. The van der Waals surface area contributed by atoms with Gasteiger partial charge in [0.1, 0.15) is 6.17 Å². The maximum absolute atomic E-state index is 13.4. The van der Waals surface area contributed by atoms with E-state index in [9.17, 15) is 13.2 Å². The van der Waals surface area contributed by atoms with Crippen molar-refractivity contribution in [3.63, 3.8) is 0 Å². The molecule has 0 radical (unpaired) electrons. The van der Waals surface area contributed by atoms with Gasteiger partial charge in [-0.15, -0.1) is 0 Å². The number of nitrogens with zero attached hydrogens (tertiary/aromatic N) is 3. The third kappa shape index (κ3) is 4.27. The van der Waals surface area contributed by atoms with E-state index in [0.717, 1.165) is 16.6 Å². The molecule has 1 amide bonds. The maximum atomic E-state index is 13.4. The van der Waals surface area contributed by atoms with Crippen LogP contribution in [-0.2, 0) is 14.8 Å². The maximum Gasteiger partial charge on any atom is 0.245 e. The fourth-order valence-corrected chi connectivity index (χ4v) is 6.39. The van der Waals surface area contributed by atoms with Crippen molar-refractivity contribution in [1.29, 1.82) is 0 Å². The molecule has 1 atom stereocenters. The van der Waals surface area contributed by atoms with Crippen LogP contribution in [-0.4, -0.2) is 52.3 Å². The zero-order chi connectivity index (χ0) is 22.8. The summed E-state index contributed by atoms with van der Waals surface area (Å²) in [6, 6.07) is 25.3. The molecule has 1 unspecified atom stereocenters. The Morgan fingerprint density at radius 3 is 2.33 bits per heavy atom. The van der Waals surface area contributed by atoms with Gasteiger partial charge >= 0.3 is 0 Å². The van der Waals surface area contributed by atoms with Crippen molar-refractivity contribution in [3.05, 3.63) is 90.5 Å². The number of nitrogens with one attached hydrogen (secondary N) is 1. The Labute approximate surface area is 196 Å². The highest BCUT2D eigenvalue weighted by Gasteiger charge is 2.43. The lowest BCUT2D eigenvalue weighted by Gasteiger charge is -2.30. The van der Waals surface area contributed by atoms with Crippen molar-refractivity contribution in [2.45, 2.75) is 16.2 Å². The van der Waals surface area contributed by atoms with E-state index < -0.39 is 16.2 Å². The lowest BCUT2D eigenvalue weighted by Crippen LogP contribution is -2.38. The van der Waals surface area contributed by atoms with Crippen molar-refractivity contribution in [1.82, 2.24) is 19.2 Å². The predicted octanol–water partition coefficient (Wildman–Crippen LogP) is 3.89. The summed E-state index contributed by atoms with van der Waals surface area (Å²) in [6.45, 7) is 0.559. The number of imidazole rings is 1. The van der Waals surface area contributed by atoms with Gasteiger partial charge in [-0.2, -0.15) is 4.31 Å². The molecule has 5 rings (SSSR count). The minimum absolute atomic E-state index is 0.139. The molecule has 9 heteroatoms. The Morgan fingerprint density at radius 1 is 0.939 bits per heavy atom. The first-order valence-electron chi connectivity index (χ1n) is 10.5. The fourth-order valence-electron chi connectivity index (χ4n) is 4.03. The lowest BCUT2D eigenvalue weighted by atomic mass is 10.1. The van der Waals surface area contributed by atoms with Gasteiger partial charge in [-0.05, 0) is 29.8 Å². The molecule has 1 aliphatic heterocycles. The third-order valence-corrected chi connectivity index (χ3v) is 8.32. The summed E-state index contributed by atoms with van der Waals surface area (Å²) >= 11 is 1.32. The molecule has 33 heavy (non-hydrogen) atoms. The number of sulfonamides is 1. The van der Waals surface area contributed by atoms with Crippen molar-refractivity contribution >= 4 is 38.7 Å². The minimum Gasteiger partial charge on any atom is -0.333 e. The number of rotatable bonds is 6. The molecule has 1 aliphatic rings. The number of H-pyrrole nitrogens is 1. The first-order valence-corrected chi connectivity index (χ1v) is 13.0. The molecule has 0 bridgehead atoms. The van der Waals surface area contributed by atoms with Gasteiger partial charge in [0.05, 0.1) is 21.7 Å². The van der Waals surface area contributed by atoms with Crippen LogP contribution >= 0.6 is 11.8 Å². The van der Waals surface area contributed by atoms with Crippen LogP contribution in [0.4, 0.5) is 0 Å². The SMILES string of the molecule is O=C(CSc1nc2ccccc2[nH]1)N1CCN(S(=O)(=O)c2ccccc2)C1c1ccccc1. The van der Waals surface area contributed by atoms with Crippen LogP contribution in [0.25, 0.3) is 11.0 Å². The summed E-state index contributed by atoms with van der Waals surface area (Å²) in [5.74, 6) is 0.0163. The van der Waals surface area contributed by atoms with E-state index in [1.54, 1.807) is 35.2 Å². The number of benzene rings is 3. The van der Waals surface area contributed by atoms with Crippen molar-refractivity contribution < 1.29 is 13.2 Å². The van der Waals surface area contributed by atoms with Crippen LogP contribution in [0.2, 0.25) is 0 Å². The number of hydrogen-bond donors (Lipinski definition) is 1. The zero-order valence-corrected chi connectivity index (χ0v) is 19.3. The summed E-state index contributed by atoms with van der Waals surface area (Å²) in [7, 11) is -3.77. The molecule has 168 valence electrons. The molecular weight excluding hydrogens is 456 g/mol. The molecule has 1 aromatic heterocycles. The standard InChI is InChI=1S/C24H22N4O3S2/c29-22(17-32-24-25-20-13-7-8-14-21(20)26-24)27-15-16-28(23(27)18-9-3-1-4-10-18)33(30,31)19-11-5-2-6-12-19/h1-14,23H,15-17H2,(H,25,26). The second-order valence-electron chi connectivity index (χ2n) is 7.65. The summed E-state index contributed by atoms with van der Waals surface area (Å²) in [4.78, 5) is 22.9. The van der Waals surface area contributed by atoms with E-state index in [-0.39, 0.29) is 23.1 Å². The minimum atomic E-state index is -3.77. The number of amides is 1. The number of thioether (sulfide) groups is 1. The van der Waals surface area contributed by atoms with Gasteiger partial charge in [0.15, 0.2) is 5.16 Å². The Hall–Kier alpha value is -3.14. The largest absolute Gasteiger partial charge is 0.333 e. The van der Waals surface area contributed by atoms with Gasteiger partial charge in [0, 0.05) is 13.1 Å². The van der Waals surface area contributed by atoms with Gasteiger partial charge in [0.2, 0.25) is 15.9 Å². The Balaban J connectivity index is 1.40. The normalized spacial score (nSPS) is 17.0. The number of hydrogen-bond acceptors (Lipinski definition) is 5. The first-order chi connectivity index (χ1) is 16.0. The van der Waals surface area contributed by atoms with Crippen LogP contribution in [0.5, 0.6) is 0 Å². The molecule has 1 fully saturated rings. The number of carbonyl (C=O) groups is 1. The summed E-state index contributed by atoms with van der Waals surface area (Å²) in [5, 5.41) is 0.661. The highest BCUT2D eigenvalue weighted by molar-refractivity contribution is 7.99. The van der Waals surface area contributed by atoms with Gasteiger partial charge in [-0.1, -0.05) is 72.4 Å². The Morgan fingerprint density at radius 2 is 1.61 bits per heavy atom. The van der Waals surface area contributed by atoms with Crippen LogP contribution in [0, 0.1) is 0 Å². The second kappa shape index (κ2) is 9.01. The molecule has 7 nitrogen and oxygen atoms in total. The van der Waals surface area contributed by atoms with Crippen LogP contribution < -0.4 is 0 Å². The molecule has 1 N–H and O–H groups in total. The molecule has 3 aromatic carbocycles. The predicted molar refractivity (Wildman–Crippen MR) is 128 cm³/mol. The van der Waals surface area contributed by atoms with Crippen LogP contribution in [0.1, 0.15) is 11.7 Å². The number of fused-ring (bicyclic) bond motifs is 1. The van der Waals surface area contributed by atoms with E-state index in [2.05, 4.69) is 9.97 Å². The van der Waals surface area contributed by atoms with Gasteiger partial charge in [-0.25, -0.2) is 13.4 Å². The molecule has 0 saturated carbocycles. The quantitative estimate of drug-likeness (QED) is 0.425. The molecule has 2 heterocycles. The fraction of sp³-hybridized carbons (Fsp3) is 0.167. The second-order valence-corrected chi connectivity index (χ2v) is 10.5. The molecule has 0 aliphatic carbocycles. The van der Waals surface area contributed by atoms with Crippen LogP contribution in [0.15, 0.2) is 95.0 Å². The Bertz CT molecular complexity index is 1340. The highest BCUT2D eigenvalue weighted by atomic mass is 32.2. The third-order valence-electron chi connectivity index (χ3n) is 5.60. The average Bonchev–Trinajstić information content (AvgIpc) is 3.48. The topological polar surface area (TPSA) is 86.4 Å². The van der Waals surface area contributed by atoms with E-state index in [0.29, 0.717) is 11.7 Å². The number of aromatic nitrogens is 2. The highest BCUT2D eigenvalue weighted by Crippen LogP contribution is 2.35.